The van der Waals surface area contributed by atoms with E-state index in [-0.39, 0.29) is 6.04 Å². The minimum absolute atomic E-state index is 0.0105. The van der Waals surface area contributed by atoms with E-state index in [1.54, 1.807) is 6.26 Å². The SMILES string of the molecule is Cc1occc1C(Cc1cc(Br)cc2c1OCC2)NN. The van der Waals surface area contributed by atoms with Crippen LogP contribution in [0.15, 0.2) is 33.4 Å². The number of nitrogens with two attached hydrogens (primary N) is 1. The highest BCUT2D eigenvalue weighted by Crippen LogP contribution is 2.35. The van der Waals surface area contributed by atoms with Crippen molar-refractivity contribution in [3.8, 4) is 5.75 Å². The molecule has 1 unspecified atom stereocenters. The fourth-order valence-corrected chi connectivity index (χ4v) is 3.29. The molecule has 0 fully saturated rings. The summed E-state index contributed by atoms with van der Waals surface area (Å²) in [6.45, 7) is 2.70. The van der Waals surface area contributed by atoms with Gasteiger partial charge in [-0.15, -0.1) is 0 Å². The summed E-state index contributed by atoms with van der Waals surface area (Å²) < 4.78 is 12.2. The fourth-order valence-electron chi connectivity index (χ4n) is 2.73. The van der Waals surface area contributed by atoms with Gasteiger partial charge in [0.25, 0.3) is 0 Å². The molecule has 0 bridgehead atoms. The van der Waals surface area contributed by atoms with E-state index in [0.717, 1.165) is 46.6 Å². The van der Waals surface area contributed by atoms with Crippen LogP contribution >= 0.6 is 15.9 Å². The Morgan fingerprint density at radius 2 is 2.30 bits per heavy atom. The quantitative estimate of drug-likeness (QED) is 0.665. The van der Waals surface area contributed by atoms with Gasteiger partial charge in [0.05, 0.1) is 18.9 Å². The molecule has 106 valence electrons. The zero-order valence-electron chi connectivity index (χ0n) is 11.3. The highest BCUT2D eigenvalue weighted by atomic mass is 79.9. The lowest BCUT2D eigenvalue weighted by Gasteiger charge is -2.17. The number of aryl methyl sites for hydroxylation is 1. The van der Waals surface area contributed by atoms with Crippen LogP contribution in [0.5, 0.6) is 5.75 Å². The van der Waals surface area contributed by atoms with Gasteiger partial charge in [-0.1, -0.05) is 15.9 Å². The van der Waals surface area contributed by atoms with Gasteiger partial charge in [-0.25, -0.2) is 0 Å². The molecule has 4 nitrogen and oxygen atoms in total. The van der Waals surface area contributed by atoms with Crippen LogP contribution in [0.4, 0.5) is 0 Å². The predicted molar refractivity (Wildman–Crippen MR) is 80.6 cm³/mol. The molecule has 1 aliphatic rings. The lowest BCUT2D eigenvalue weighted by Crippen LogP contribution is -2.29. The molecule has 0 radical (unpaired) electrons. The van der Waals surface area contributed by atoms with Crippen LogP contribution in [-0.4, -0.2) is 6.61 Å². The maximum atomic E-state index is 5.76. The van der Waals surface area contributed by atoms with Crippen LogP contribution in [0.1, 0.15) is 28.5 Å². The summed E-state index contributed by atoms with van der Waals surface area (Å²) in [7, 11) is 0. The Kier molecular flexibility index (Phi) is 3.83. The number of furan rings is 1. The first-order chi connectivity index (χ1) is 9.69. The zero-order chi connectivity index (χ0) is 14.1. The first-order valence-corrected chi connectivity index (χ1v) is 7.42. The van der Waals surface area contributed by atoms with Gasteiger partial charge in [0.15, 0.2) is 0 Å². The van der Waals surface area contributed by atoms with Crippen molar-refractivity contribution in [3.05, 3.63) is 51.4 Å². The van der Waals surface area contributed by atoms with E-state index in [9.17, 15) is 0 Å². The lowest BCUT2D eigenvalue weighted by molar-refractivity contribution is 0.351. The van der Waals surface area contributed by atoms with Gasteiger partial charge in [0, 0.05) is 16.5 Å². The third-order valence-corrected chi connectivity index (χ3v) is 4.18. The third-order valence-electron chi connectivity index (χ3n) is 3.72. The standard InChI is InChI=1S/C15H17BrN2O2/c1-9-13(3-5-19-9)14(18-17)8-11-7-12(16)6-10-2-4-20-15(10)11/h3,5-7,14,18H,2,4,8,17H2,1H3. The number of nitrogens with one attached hydrogen (secondary N) is 1. The van der Waals surface area contributed by atoms with Crippen LogP contribution in [0.3, 0.4) is 0 Å². The van der Waals surface area contributed by atoms with Gasteiger partial charge in [-0.05, 0) is 42.7 Å². The molecule has 2 aromatic rings. The minimum Gasteiger partial charge on any atom is -0.493 e. The van der Waals surface area contributed by atoms with Crippen LogP contribution < -0.4 is 16.0 Å². The number of fused-ring (bicyclic) bond motifs is 1. The molecule has 1 aliphatic heterocycles. The molecular formula is C15H17BrN2O2. The average molecular weight is 337 g/mol. The monoisotopic (exact) mass is 336 g/mol. The summed E-state index contributed by atoms with van der Waals surface area (Å²) in [6, 6.07) is 6.19. The number of halogens is 1. The smallest absolute Gasteiger partial charge is 0.125 e. The average Bonchev–Trinajstić information content (AvgIpc) is 3.04. The molecule has 0 aliphatic carbocycles. The minimum atomic E-state index is 0.0105. The number of hydrogen-bond donors (Lipinski definition) is 2. The summed E-state index contributed by atoms with van der Waals surface area (Å²) in [5, 5.41) is 0. The highest BCUT2D eigenvalue weighted by Gasteiger charge is 2.22. The van der Waals surface area contributed by atoms with E-state index in [1.165, 1.54) is 5.56 Å². The number of hydrogen-bond acceptors (Lipinski definition) is 4. The molecule has 3 rings (SSSR count). The van der Waals surface area contributed by atoms with Crippen LogP contribution in [0.2, 0.25) is 0 Å². The van der Waals surface area contributed by atoms with Crippen molar-refractivity contribution in [1.29, 1.82) is 0 Å². The molecule has 1 atom stereocenters. The second kappa shape index (κ2) is 5.60. The van der Waals surface area contributed by atoms with Gasteiger partial charge >= 0.3 is 0 Å². The Morgan fingerprint density at radius 1 is 1.45 bits per heavy atom. The van der Waals surface area contributed by atoms with Crippen molar-refractivity contribution >= 4 is 15.9 Å². The van der Waals surface area contributed by atoms with E-state index < -0.39 is 0 Å². The largest absolute Gasteiger partial charge is 0.493 e. The Hall–Kier alpha value is -1.30. The lowest BCUT2D eigenvalue weighted by atomic mass is 9.97. The van der Waals surface area contributed by atoms with E-state index >= 15 is 0 Å². The summed E-state index contributed by atoms with van der Waals surface area (Å²) in [5.41, 5.74) is 6.38. The van der Waals surface area contributed by atoms with Crippen molar-refractivity contribution in [1.82, 2.24) is 5.43 Å². The molecule has 0 amide bonds. The van der Waals surface area contributed by atoms with Gasteiger partial charge in [-0.3, -0.25) is 11.3 Å². The predicted octanol–water partition coefficient (Wildman–Crippen LogP) is 3.03. The van der Waals surface area contributed by atoms with Crippen molar-refractivity contribution in [2.45, 2.75) is 25.8 Å². The molecule has 1 aromatic heterocycles. The maximum Gasteiger partial charge on any atom is 0.125 e. The fraction of sp³-hybridized carbons (Fsp3) is 0.333. The van der Waals surface area contributed by atoms with E-state index in [4.69, 9.17) is 15.0 Å². The van der Waals surface area contributed by atoms with Crippen molar-refractivity contribution in [3.63, 3.8) is 0 Å². The summed E-state index contributed by atoms with van der Waals surface area (Å²) >= 11 is 3.57. The normalized spacial score (nSPS) is 14.9. The zero-order valence-corrected chi connectivity index (χ0v) is 12.9. The van der Waals surface area contributed by atoms with Gasteiger partial charge in [0.1, 0.15) is 11.5 Å². The number of benzene rings is 1. The summed E-state index contributed by atoms with van der Waals surface area (Å²) in [4.78, 5) is 0. The second-order valence-electron chi connectivity index (χ2n) is 5.01. The molecule has 0 saturated carbocycles. The molecule has 0 spiro atoms. The van der Waals surface area contributed by atoms with Gasteiger partial charge in [0.2, 0.25) is 0 Å². The van der Waals surface area contributed by atoms with E-state index in [2.05, 4.69) is 33.5 Å². The van der Waals surface area contributed by atoms with E-state index in [0.29, 0.717) is 0 Å². The number of hydrazine groups is 1. The molecule has 20 heavy (non-hydrogen) atoms. The first kappa shape index (κ1) is 13.7. The third kappa shape index (κ3) is 2.49. The van der Waals surface area contributed by atoms with Crippen molar-refractivity contribution in [2.24, 2.45) is 5.84 Å². The maximum absolute atomic E-state index is 5.76. The molecular weight excluding hydrogens is 320 g/mol. The van der Waals surface area contributed by atoms with Gasteiger partial charge < -0.3 is 9.15 Å². The summed E-state index contributed by atoms with van der Waals surface area (Å²) in [6.07, 6.45) is 3.42. The highest BCUT2D eigenvalue weighted by molar-refractivity contribution is 9.10. The second-order valence-corrected chi connectivity index (χ2v) is 5.92. The molecule has 0 saturated heterocycles. The van der Waals surface area contributed by atoms with Crippen molar-refractivity contribution in [2.75, 3.05) is 6.61 Å². The van der Waals surface area contributed by atoms with Crippen molar-refractivity contribution < 1.29 is 9.15 Å². The Labute approximate surface area is 126 Å². The van der Waals surface area contributed by atoms with Crippen LogP contribution in [-0.2, 0) is 12.8 Å². The van der Waals surface area contributed by atoms with E-state index in [1.807, 2.05) is 13.0 Å². The Balaban J connectivity index is 1.92. The summed E-state index contributed by atoms with van der Waals surface area (Å²) in [5.74, 6) is 7.62. The number of ether oxygens (including phenoxy) is 1. The van der Waals surface area contributed by atoms with Crippen LogP contribution in [0, 0.1) is 6.92 Å². The molecule has 5 heteroatoms. The topological polar surface area (TPSA) is 60.4 Å². The van der Waals surface area contributed by atoms with Crippen LogP contribution in [0.25, 0.3) is 0 Å². The Bertz CT molecular complexity index is 624. The molecule has 2 heterocycles. The van der Waals surface area contributed by atoms with Gasteiger partial charge in [-0.2, -0.15) is 0 Å². The molecule has 1 aromatic carbocycles. The molecule has 3 N–H and O–H groups in total. The first-order valence-electron chi connectivity index (χ1n) is 6.63. The number of rotatable bonds is 4. The Morgan fingerprint density at radius 3 is 3.00 bits per heavy atom.